The Hall–Kier alpha value is -3.59. The molecule has 128 valence electrons. The average Bonchev–Trinajstić information content (AvgIpc) is 2.71. The van der Waals surface area contributed by atoms with Crippen molar-refractivity contribution in [3.8, 4) is 0 Å². The third kappa shape index (κ3) is 2.74. The predicted molar refractivity (Wildman–Crippen MR) is 108 cm³/mol. The Balaban J connectivity index is 1.80. The van der Waals surface area contributed by atoms with E-state index in [0.29, 0.717) is 6.54 Å². The van der Waals surface area contributed by atoms with E-state index in [1.54, 1.807) is 12.4 Å². The maximum absolute atomic E-state index is 13.3. The molecule has 0 fully saturated rings. The van der Waals surface area contributed by atoms with Crippen molar-refractivity contribution in [2.24, 2.45) is 0 Å². The largest absolute Gasteiger partial charge is 0.287 e. The number of benzene rings is 4. The Labute approximate surface area is 156 Å². The van der Waals surface area contributed by atoms with Gasteiger partial charge in [-0.05, 0) is 50.5 Å². The summed E-state index contributed by atoms with van der Waals surface area (Å²) in [6.45, 7) is 0.290. The Bertz CT molecular complexity index is 1300. The van der Waals surface area contributed by atoms with Crippen molar-refractivity contribution in [3.05, 3.63) is 97.1 Å². The molecular formula is C24H17N2O+. The van der Waals surface area contributed by atoms with Crippen LogP contribution in [-0.2, 0) is 6.54 Å². The van der Waals surface area contributed by atoms with E-state index in [1.165, 1.54) is 5.39 Å². The summed E-state index contributed by atoms with van der Waals surface area (Å²) in [5, 5.41) is 6.51. The summed E-state index contributed by atoms with van der Waals surface area (Å²) in [6.07, 6.45) is 7.03. The Morgan fingerprint density at radius 1 is 0.741 bits per heavy atom. The molecule has 0 saturated heterocycles. The molecule has 1 aromatic heterocycles. The molecule has 0 atom stereocenters. The van der Waals surface area contributed by atoms with E-state index < -0.39 is 0 Å². The van der Waals surface area contributed by atoms with Crippen LogP contribution in [0.5, 0.6) is 0 Å². The summed E-state index contributed by atoms with van der Waals surface area (Å²) >= 11 is 0. The van der Waals surface area contributed by atoms with Crippen molar-refractivity contribution in [1.29, 1.82) is 0 Å². The van der Waals surface area contributed by atoms with Crippen LogP contribution in [0, 0.1) is 0 Å². The van der Waals surface area contributed by atoms with Gasteiger partial charge in [-0.25, -0.2) is 0 Å². The van der Waals surface area contributed by atoms with Crippen molar-refractivity contribution in [1.82, 2.24) is 4.98 Å². The predicted octanol–water partition coefficient (Wildman–Crippen LogP) is 4.71. The Morgan fingerprint density at radius 3 is 2.15 bits per heavy atom. The van der Waals surface area contributed by atoms with Gasteiger partial charge >= 0.3 is 0 Å². The molecule has 27 heavy (non-hydrogen) atoms. The van der Waals surface area contributed by atoms with Gasteiger partial charge in [-0.2, -0.15) is 4.57 Å². The normalized spacial score (nSPS) is 11.3. The fourth-order valence-corrected chi connectivity index (χ4v) is 3.76. The summed E-state index contributed by atoms with van der Waals surface area (Å²) in [5.41, 5.74) is 0.790. The van der Waals surface area contributed by atoms with E-state index in [1.807, 2.05) is 47.3 Å². The van der Waals surface area contributed by atoms with Crippen LogP contribution in [0.3, 0.4) is 0 Å². The minimum absolute atomic E-state index is 0.100. The maximum Gasteiger partial charge on any atom is 0.228 e. The molecule has 3 nitrogen and oxygen atoms in total. The van der Waals surface area contributed by atoms with Gasteiger partial charge in [0.2, 0.25) is 12.3 Å². The fourth-order valence-electron chi connectivity index (χ4n) is 3.76. The van der Waals surface area contributed by atoms with Crippen molar-refractivity contribution in [2.45, 2.75) is 6.54 Å². The molecule has 4 aromatic carbocycles. The molecule has 0 saturated carbocycles. The highest BCUT2D eigenvalue weighted by Crippen LogP contribution is 2.32. The molecule has 0 unspecified atom stereocenters. The van der Waals surface area contributed by atoms with Gasteiger partial charge in [-0.15, -0.1) is 0 Å². The lowest BCUT2D eigenvalue weighted by molar-refractivity contribution is -0.683. The first-order valence-corrected chi connectivity index (χ1v) is 8.96. The maximum atomic E-state index is 13.3. The van der Waals surface area contributed by atoms with Gasteiger partial charge in [0.15, 0.2) is 12.4 Å². The number of Topliss-reactive ketones (excluding diaryl/α,β-unsaturated/α-hetero) is 1. The summed E-state index contributed by atoms with van der Waals surface area (Å²) in [4.78, 5) is 17.4. The van der Waals surface area contributed by atoms with Crippen LogP contribution < -0.4 is 4.57 Å². The quantitative estimate of drug-likeness (QED) is 0.268. The molecule has 5 aromatic rings. The molecule has 1 heterocycles. The molecule has 0 radical (unpaired) electrons. The lowest BCUT2D eigenvalue weighted by atomic mass is 9.92. The molecule has 5 rings (SSSR count). The van der Waals surface area contributed by atoms with Crippen LogP contribution >= 0.6 is 0 Å². The fraction of sp³-hybridized carbons (Fsp3) is 0.0417. The number of aromatic nitrogens is 2. The molecule has 0 bridgehead atoms. The van der Waals surface area contributed by atoms with Crippen LogP contribution in [0.15, 0.2) is 91.5 Å². The molecule has 0 N–H and O–H groups in total. The summed E-state index contributed by atoms with van der Waals surface area (Å²) in [7, 11) is 0. The van der Waals surface area contributed by atoms with Crippen molar-refractivity contribution < 1.29 is 9.36 Å². The Kier molecular flexibility index (Phi) is 3.65. The van der Waals surface area contributed by atoms with Gasteiger partial charge in [0.1, 0.15) is 0 Å². The highest BCUT2D eigenvalue weighted by atomic mass is 16.1. The number of ketones is 1. The van der Waals surface area contributed by atoms with E-state index in [-0.39, 0.29) is 5.78 Å². The number of rotatable bonds is 3. The number of carbonyl (C=O) groups excluding carboxylic acids is 1. The molecule has 0 aliphatic carbocycles. The SMILES string of the molecule is O=C(C[n+]1ccncc1)c1c2ccccc2cc2cc3ccccc3cc12. The summed E-state index contributed by atoms with van der Waals surface area (Å²) < 4.78 is 1.87. The topological polar surface area (TPSA) is 33.8 Å². The van der Waals surface area contributed by atoms with Gasteiger partial charge in [-0.3, -0.25) is 9.78 Å². The highest BCUT2D eigenvalue weighted by Gasteiger charge is 2.19. The van der Waals surface area contributed by atoms with Gasteiger partial charge in [-0.1, -0.05) is 48.5 Å². The molecule has 0 aliphatic rings. The van der Waals surface area contributed by atoms with Crippen molar-refractivity contribution in [3.63, 3.8) is 0 Å². The standard InChI is InChI=1S/C24H17N2O/c27-23(16-26-11-9-25-10-12-26)24-21-8-4-3-7-19(21)14-20-13-17-5-1-2-6-18(17)15-22(20)24/h1-15H,16H2/q+1. The average molecular weight is 349 g/mol. The number of carbonyl (C=O) groups is 1. The zero-order chi connectivity index (χ0) is 18.2. The zero-order valence-corrected chi connectivity index (χ0v) is 14.7. The number of hydrogen-bond donors (Lipinski definition) is 0. The van der Waals surface area contributed by atoms with Gasteiger partial charge < -0.3 is 0 Å². The second kappa shape index (κ2) is 6.29. The van der Waals surface area contributed by atoms with Crippen LogP contribution in [0.1, 0.15) is 10.4 Å². The molecule has 0 spiro atoms. The monoisotopic (exact) mass is 349 g/mol. The van der Waals surface area contributed by atoms with Crippen LogP contribution in [0.4, 0.5) is 0 Å². The van der Waals surface area contributed by atoms with E-state index in [0.717, 1.165) is 32.5 Å². The second-order valence-corrected chi connectivity index (χ2v) is 6.73. The highest BCUT2D eigenvalue weighted by molar-refractivity contribution is 6.20. The van der Waals surface area contributed by atoms with E-state index in [2.05, 4.69) is 41.4 Å². The molecular weight excluding hydrogens is 332 g/mol. The van der Waals surface area contributed by atoms with Gasteiger partial charge in [0, 0.05) is 5.56 Å². The third-order valence-electron chi connectivity index (χ3n) is 5.02. The van der Waals surface area contributed by atoms with Crippen LogP contribution in [0.2, 0.25) is 0 Å². The Morgan fingerprint density at radius 2 is 1.37 bits per heavy atom. The first-order chi connectivity index (χ1) is 13.3. The first-order valence-electron chi connectivity index (χ1n) is 8.96. The summed E-state index contributed by atoms with van der Waals surface area (Å²) in [6, 6.07) is 22.9. The molecule has 0 aliphatic heterocycles. The van der Waals surface area contributed by atoms with Gasteiger partial charge in [0.05, 0.1) is 12.4 Å². The number of fused-ring (bicyclic) bond motifs is 3. The lowest BCUT2D eigenvalue weighted by Gasteiger charge is -2.11. The van der Waals surface area contributed by atoms with E-state index in [9.17, 15) is 4.79 Å². The third-order valence-corrected chi connectivity index (χ3v) is 5.02. The number of nitrogens with zero attached hydrogens (tertiary/aromatic N) is 2. The van der Waals surface area contributed by atoms with Crippen molar-refractivity contribution in [2.75, 3.05) is 0 Å². The minimum Gasteiger partial charge on any atom is -0.287 e. The van der Waals surface area contributed by atoms with Gasteiger partial charge in [0.25, 0.3) is 0 Å². The van der Waals surface area contributed by atoms with Crippen molar-refractivity contribution >= 4 is 38.1 Å². The minimum atomic E-state index is 0.100. The first kappa shape index (κ1) is 15.6. The zero-order valence-electron chi connectivity index (χ0n) is 14.7. The second-order valence-electron chi connectivity index (χ2n) is 6.73. The summed E-state index contributed by atoms with van der Waals surface area (Å²) in [5.74, 6) is 0.100. The lowest BCUT2D eigenvalue weighted by Crippen LogP contribution is -2.37. The molecule has 3 heteroatoms. The van der Waals surface area contributed by atoms with E-state index in [4.69, 9.17) is 0 Å². The number of hydrogen-bond acceptors (Lipinski definition) is 2. The van der Waals surface area contributed by atoms with E-state index >= 15 is 0 Å². The smallest absolute Gasteiger partial charge is 0.228 e. The van der Waals surface area contributed by atoms with Crippen LogP contribution in [-0.4, -0.2) is 10.8 Å². The van der Waals surface area contributed by atoms with Crippen LogP contribution in [0.25, 0.3) is 32.3 Å². The molecule has 0 amide bonds.